The average molecular weight is 289 g/mol. The number of amides is 1. The maximum Gasteiger partial charge on any atom is 0.242 e. The average Bonchev–Trinajstić information content (AvgIpc) is 2.40. The van der Waals surface area contributed by atoms with Crippen LogP contribution in [0.3, 0.4) is 0 Å². The number of nitrogens with one attached hydrogen (secondary N) is 1. The number of carbonyl (C=O) groups is 1. The molecule has 19 heavy (non-hydrogen) atoms. The van der Waals surface area contributed by atoms with Gasteiger partial charge in [-0.25, -0.2) is 0 Å². The Labute approximate surface area is 123 Å². The highest BCUT2D eigenvalue weighted by atomic mass is 35.5. The lowest BCUT2D eigenvalue weighted by atomic mass is 9.77. The maximum absolute atomic E-state index is 12.6. The lowest BCUT2D eigenvalue weighted by Crippen LogP contribution is -2.59. The molecular formula is C15H29ClN2O. The molecule has 2 fully saturated rings. The molecule has 0 saturated carbocycles. The van der Waals surface area contributed by atoms with Crippen LogP contribution < -0.4 is 5.32 Å². The van der Waals surface area contributed by atoms with E-state index in [-0.39, 0.29) is 17.9 Å². The summed E-state index contributed by atoms with van der Waals surface area (Å²) < 4.78 is 0. The Balaban J connectivity index is 0.00000180. The molecule has 4 heteroatoms. The molecule has 2 aliphatic rings. The summed E-state index contributed by atoms with van der Waals surface area (Å²) in [6, 6.07) is 0. The SMILES string of the molecule is CCC1(C)CCN(C(=O)C2(C)CCCCN2)CC1.Cl. The van der Waals surface area contributed by atoms with Gasteiger partial charge in [0.1, 0.15) is 0 Å². The zero-order chi connectivity index (χ0) is 13.2. The second-order valence-corrected chi connectivity index (χ2v) is 6.67. The number of piperidine rings is 2. The highest BCUT2D eigenvalue weighted by Gasteiger charge is 2.39. The third kappa shape index (κ3) is 3.63. The van der Waals surface area contributed by atoms with Gasteiger partial charge >= 0.3 is 0 Å². The van der Waals surface area contributed by atoms with Gasteiger partial charge in [0.2, 0.25) is 5.91 Å². The first-order valence-corrected chi connectivity index (χ1v) is 7.54. The van der Waals surface area contributed by atoms with E-state index in [1.807, 2.05) is 0 Å². The van der Waals surface area contributed by atoms with E-state index in [0.717, 1.165) is 38.9 Å². The van der Waals surface area contributed by atoms with Crippen LogP contribution in [0.1, 0.15) is 59.3 Å². The summed E-state index contributed by atoms with van der Waals surface area (Å²) in [6.07, 6.45) is 6.92. The Bertz CT molecular complexity index is 305. The zero-order valence-corrected chi connectivity index (χ0v) is 13.4. The molecule has 112 valence electrons. The number of rotatable bonds is 2. The van der Waals surface area contributed by atoms with Crippen molar-refractivity contribution in [3.05, 3.63) is 0 Å². The van der Waals surface area contributed by atoms with Crippen LogP contribution in [-0.2, 0) is 4.79 Å². The van der Waals surface area contributed by atoms with Crippen molar-refractivity contribution in [2.45, 2.75) is 64.8 Å². The van der Waals surface area contributed by atoms with E-state index in [1.165, 1.54) is 19.3 Å². The van der Waals surface area contributed by atoms with Crippen molar-refractivity contribution in [3.8, 4) is 0 Å². The molecule has 0 aromatic rings. The molecule has 1 atom stereocenters. The highest BCUT2D eigenvalue weighted by molar-refractivity contribution is 5.86. The fourth-order valence-corrected chi connectivity index (χ4v) is 3.19. The van der Waals surface area contributed by atoms with E-state index < -0.39 is 0 Å². The van der Waals surface area contributed by atoms with Crippen molar-refractivity contribution < 1.29 is 4.79 Å². The number of likely N-dealkylation sites (tertiary alicyclic amines) is 1. The van der Waals surface area contributed by atoms with Crippen LogP contribution in [0.4, 0.5) is 0 Å². The number of halogens is 1. The number of nitrogens with zero attached hydrogens (tertiary/aromatic N) is 1. The molecular weight excluding hydrogens is 260 g/mol. The second kappa shape index (κ2) is 6.45. The van der Waals surface area contributed by atoms with Crippen LogP contribution in [0.25, 0.3) is 0 Å². The number of hydrogen-bond acceptors (Lipinski definition) is 2. The monoisotopic (exact) mass is 288 g/mol. The molecule has 0 spiro atoms. The van der Waals surface area contributed by atoms with Crippen LogP contribution in [0.5, 0.6) is 0 Å². The number of hydrogen-bond donors (Lipinski definition) is 1. The van der Waals surface area contributed by atoms with Crippen molar-refractivity contribution in [1.29, 1.82) is 0 Å². The molecule has 1 N–H and O–H groups in total. The van der Waals surface area contributed by atoms with E-state index >= 15 is 0 Å². The molecule has 3 nitrogen and oxygen atoms in total. The van der Waals surface area contributed by atoms with Crippen LogP contribution in [-0.4, -0.2) is 36.0 Å². The fraction of sp³-hybridized carbons (Fsp3) is 0.933. The summed E-state index contributed by atoms with van der Waals surface area (Å²) in [7, 11) is 0. The summed E-state index contributed by atoms with van der Waals surface area (Å²) in [5.41, 5.74) is 0.163. The summed E-state index contributed by atoms with van der Waals surface area (Å²) in [5.74, 6) is 0.334. The van der Waals surface area contributed by atoms with Crippen molar-refractivity contribution in [2.24, 2.45) is 5.41 Å². The Morgan fingerprint density at radius 2 is 1.79 bits per heavy atom. The summed E-state index contributed by atoms with van der Waals surface area (Å²) in [4.78, 5) is 14.7. The molecule has 2 rings (SSSR count). The molecule has 0 bridgehead atoms. The summed E-state index contributed by atoms with van der Waals surface area (Å²) in [6.45, 7) is 9.59. The van der Waals surface area contributed by atoms with Crippen molar-refractivity contribution >= 4 is 18.3 Å². The summed E-state index contributed by atoms with van der Waals surface area (Å²) in [5, 5.41) is 3.44. The topological polar surface area (TPSA) is 32.3 Å². The van der Waals surface area contributed by atoms with E-state index in [0.29, 0.717) is 11.3 Å². The molecule has 1 unspecified atom stereocenters. The smallest absolute Gasteiger partial charge is 0.242 e. The van der Waals surface area contributed by atoms with Crippen LogP contribution in [0, 0.1) is 5.41 Å². The Morgan fingerprint density at radius 1 is 1.16 bits per heavy atom. The predicted molar refractivity (Wildman–Crippen MR) is 81.7 cm³/mol. The molecule has 2 aliphatic heterocycles. The standard InChI is InChI=1S/C15H28N2O.ClH/c1-4-14(2)8-11-17(12-9-14)13(18)15(3)7-5-6-10-16-15;/h16H,4-12H2,1-3H3;1H. The maximum atomic E-state index is 12.6. The largest absolute Gasteiger partial charge is 0.341 e. The van der Waals surface area contributed by atoms with Crippen LogP contribution in [0.15, 0.2) is 0 Å². The van der Waals surface area contributed by atoms with Gasteiger partial charge in [-0.3, -0.25) is 4.79 Å². The number of carbonyl (C=O) groups excluding carboxylic acids is 1. The molecule has 0 aliphatic carbocycles. The van der Waals surface area contributed by atoms with Gasteiger partial charge in [0.15, 0.2) is 0 Å². The van der Waals surface area contributed by atoms with Gasteiger partial charge in [-0.2, -0.15) is 0 Å². The van der Waals surface area contributed by atoms with Crippen molar-refractivity contribution in [3.63, 3.8) is 0 Å². The van der Waals surface area contributed by atoms with Gasteiger partial charge in [0.05, 0.1) is 5.54 Å². The van der Waals surface area contributed by atoms with Gasteiger partial charge in [0.25, 0.3) is 0 Å². The Hall–Kier alpha value is -0.280. The Kier molecular flexibility index (Phi) is 5.69. The first-order chi connectivity index (χ1) is 8.49. The van der Waals surface area contributed by atoms with E-state index in [9.17, 15) is 4.79 Å². The first-order valence-electron chi connectivity index (χ1n) is 7.54. The fourth-order valence-electron chi connectivity index (χ4n) is 3.19. The molecule has 2 heterocycles. The Morgan fingerprint density at radius 3 is 2.26 bits per heavy atom. The second-order valence-electron chi connectivity index (χ2n) is 6.67. The van der Waals surface area contributed by atoms with E-state index in [4.69, 9.17) is 0 Å². The molecule has 2 saturated heterocycles. The minimum absolute atomic E-state index is 0. The van der Waals surface area contributed by atoms with Gasteiger partial charge in [-0.15, -0.1) is 12.4 Å². The van der Waals surface area contributed by atoms with E-state index in [1.54, 1.807) is 0 Å². The van der Waals surface area contributed by atoms with Gasteiger partial charge in [-0.1, -0.05) is 20.3 Å². The molecule has 0 aromatic heterocycles. The predicted octanol–water partition coefficient (Wildman–Crippen LogP) is 2.98. The van der Waals surface area contributed by atoms with Gasteiger partial charge < -0.3 is 10.2 Å². The quantitative estimate of drug-likeness (QED) is 0.847. The minimum atomic E-state index is -0.293. The third-order valence-corrected chi connectivity index (χ3v) is 5.20. The minimum Gasteiger partial charge on any atom is -0.341 e. The van der Waals surface area contributed by atoms with Gasteiger partial charge in [-0.05, 0) is 51.0 Å². The normalized spacial score (nSPS) is 30.6. The van der Waals surface area contributed by atoms with Crippen molar-refractivity contribution in [2.75, 3.05) is 19.6 Å². The lowest BCUT2D eigenvalue weighted by Gasteiger charge is -2.43. The molecule has 0 radical (unpaired) electrons. The molecule has 1 amide bonds. The van der Waals surface area contributed by atoms with E-state index in [2.05, 4.69) is 31.0 Å². The van der Waals surface area contributed by atoms with Crippen molar-refractivity contribution in [1.82, 2.24) is 10.2 Å². The summed E-state index contributed by atoms with van der Waals surface area (Å²) >= 11 is 0. The zero-order valence-electron chi connectivity index (χ0n) is 12.6. The molecule has 0 aromatic carbocycles. The van der Waals surface area contributed by atoms with Gasteiger partial charge in [0, 0.05) is 13.1 Å². The lowest BCUT2D eigenvalue weighted by molar-refractivity contribution is -0.141. The first kappa shape index (κ1) is 16.8. The third-order valence-electron chi connectivity index (χ3n) is 5.20. The highest BCUT2D eigenvalue weighted by Crippen LogP contribution is 2.35. The van der Waals surface area contributed by atoms with Crippen LogP contribution in [0.2, 0.25) is 0 Å². The van der Waals surface area contributed by atoms with Crippen LogP contribution >= 0.6 is 12.4 Å².